The molecule has 3 heterocycles. The summed E-state index contributed by atoms with van der Waals surface area (Å²) in [5, 5.41) is 24.2. The molecule has 0 atom stereocenters. The maximum absolute atomic E-state index is 12.5. The van der Waals surface area contributed by atoms with Gasteiger partial charge in [-0.15, -0.1) is 0 Å². The number of furan rings is 1. The van der Waals surface area contributed by atoms with E-state index in [9.17, 15) is 19.7 Å². The summed E-state index contributed by atoms with van der Waals surface area (Å²) in [5.41, 5.74) is 0.348. The number of anilines is 1. The number of halogens is 1. The predicted octanol–water partition coefficient (Wildman–Crippen LogP) is 2.32. The Kier molecular flexibility index (Phi) is 6.61. The molecule has 2 N–H and O–H groups in total. The van der Waals surface area contributed by atoms with Crippen LogP contribution in [0.4, 0.5) is 11.5 Å². The van der Waals surface area contributed by atoms with Crippen molar-refractivity contribution >= 4 is 39.2 Å². The fourth-order valence-corrected chi connectivity index (χ4v) is 3.02. The largest absolute Gasteiger partial charge is 0.467 e. The first kappa shape index (κ1) is 21.2. The molecular weight excluding hydrogens is 462 g/mol. The second-order valence-corrected chi connectivity index (χ2v) is 6.98. The quantitative estimate of drug-likeness (QED) is 0.352. The van der Waals surface area contributed by atoms with E-state index in [1.165, 1.54) is 21.8 Å². The molecule has 0 unspecified atom stereocenters. The number of carbonyl (C=O) groups is 2. The van der Waals surface area contributed by atoms with E-state index in [1.54, 1.807) is 18.3 Å². The molecule has 2 amide bonds. The van der Waals surface area contributed by atoms with Gasteiger partial charge in [0.15, 0.2) is 5.69 Å². The van der Waals surface area contributed by atoms with Crippen molar-refractivity contribution in [1.82, 2.24) is 24.9 Å². The van der Waals surface area contributed by atoms with E-state index >= 15 is 0 Å². The lowest BCUT2D eigenvalue weighted by Gasteiger charge is -2.05. The van der Waals surface area contributed by atoms with E-state index in [0.717, 1.165) is 0 Å². The minimum Gasteiger partial charge on any atom is -0.467 e. The van der Waals surface area contributed by atoms with Gasteiger partial charge in [0.1, 0.15) is 10.2 Å². The molecule has 0 bridgehead atoms. The van der Waals surface area contributed by atoms with Gasteiger partial charge in [0, 0.05) is 19.2 Å². The number of hydrogen-bond acceptors (Lipinski definition) is 7. The Morgan fingerprint density at radius 1 is 1.30 bits per heavy atom. The molecule has 3 aromatic rings. The van der Waals surface area contributed by atoms with Crippen LogP contribution in [0.15, 0.2) is 39.7 Å². The van der Waals surface area contributed by atoms with Crippen molar-refractivity contribution in [3.8, 4) is 0 Å². The second kappa shape index (κ2) is 9.35. The first-order valence-electron chi connectivity index (χ1n) is 8.92. The van der Waals surface area contributed by atoms with E-state index in [-0.39, 0.29) is 47.1 Å². The van der Waals surface area contributed by atoms with Crippen LogP contribution in [0.1, 0.15) is 29.6 Å². The highest BCUT2D eigenvalue weighted by molar-refractivity contribution is 9.10. The lowest BCUT2D eigenvalue weighted by Crippen LogP contribution is -2.25. The minimum atomic E-state index is -0.618. The van der Waals surface area contributed by atoms with Crippen molar-refractivity contribution in [1.29, 1.82) is 0 Å². The average Bonchev–Trinajstić information content (AvgIpc) is 3.44. The maximum atomic E-state index is 12.5. The summed E-state index contributed by atoms with van der Waals surface area (Å²) in [4.78, 5) is 35.1. The van der Waals surface area contributed by atoms with Gasteiger partial charge < -0.3 is 25.2 Å². The molecule has 0 saturated heterocycles. The number of amides is 2. The lowest BCUT2D eigenvalue weighted by atomic mass is 10.3. The van der Waals surface area contributed by atoms with E-state index in [1.807, 2.05) is 6.92 Å². The third-order valence-electron chi connectivity index (χ3n) is 4.02. The number of nitrogens with zero attached hydrogens (tertiary/aromatic N) is 5. The zero-order valence-corrected chi connectivity index (χ0v) is 17.5. The van der Waals surface area contributed by atoms with Gasteiger partial charge in [0.05, 0.1) is 36.3 Å². The van der Waals surface area contributed by atoms with Gasteiger partial charge in [-0.25, -0.2) is 0 Å². The van der Waals surface area contributed by atoms with Crippen LogP contribution in [-0.4, -0.2) is 36.3 Å². The summed E-state index contributed by atoms with van der Waals surface area (Å²) in [6, 6.07) is 3.44. The second-order valence-electron chi connectivity index (χ2n) is 6.13. The number of aryl methyl sites for hydroxylation is 2. The zero-order chi connectivity index (χ0) is 21.7. The Bertz CT molecular complexity index is 1060. The Morgan fingerprint density at radius 3 is 2.73 bits per heavy atom. The molecule has 158 valence electrons. The summed E-state index contributed by atoms with van der Waals surface area (Å²) in [5.74, 6) is -0.584. The van der Waals surface area contributed by atoms with Crippen molar-refractivity contribution in [3.63, 3.8) is 0 Å². The molecule has 0 fully saturated rings. The summed E-state index contributed by atoms with van der Waals surface area (Å²) < 4.78 is 8.24. The molecule has 0 radical (unpaired) electrons. The van der Waals surface area contributed by atoms with Gasteiger partial charge in [-0.3, -0.25) is 14.3 Å². The Balaban J connectivity index is 1.62. The molecule has 12 nitrogen and oxygen atoms in total. The van der Waals surface area contributed by atoms with Crippen LogP contribution in [0.2, 0.25) is 0 Å². The SMILES string of the molecule is CCn1cc(NC(=O)CCn2cc(Br)c([N+](=O)[O-])n2)c(C(=O)NCc2ccco2)n1. The Hall–Kier alpha value is -3.48. The Morgan fingerprint density at radius 2 is 2.10 bits per heavy atom. The smallest absolute Gasteiger partial charge is 0.404 e. The molecule has 13 heteroatoms. The van der Waals surface area contributed by atoms with Crippen LogP contribution in [-0.2, 0) is 24.4 Å². The number of hydrogen-bond donors (Lipinski definition) is 2. The van der Waals surface area contributed by atoms with Gasteiger partial charge in [0.25, 0.3) is 5.91 Å². The lowest BCUT2D eigenvalue weighted by molar-refractivity contribution is -0.390. The fourth-order valence-electron chi connectivity index (χ4n) is 2.56. The molecule has 0 aromatic carbocycles. The normalized spacial score (nSPS) is 10.7. The van der Waals surface area contributed by atoms with E-state index in [4.69, 9.17) is 4.42 Å². The number of rotatable bonds is 9. The topological polar surface area (TPSA) is 150 Å². The molecule has 0 aliphatic rings. The molecule has 3 aromatic heterocycles. The number of aromatic nitrogens is 4. The summed E-state index contributed by atoms with van der Waals surface area (Å²) in [7, 11) is 0. The third-order valence-corrected chi connectivity index (χ3v) is 4.58. The molecule has 3 rings (SSSR count). The highest BCUT2D eigenvalue weighted by Gasteiger charge is 2.21. The van der Waals surface area contributed by atoms with Crippen molar-refractivity contribution in [2.75, 3.05) is 5.32 Å². The van der Waals surface area contributed by atoms with Crippen molar-refractivity contribution in [2.24, 2.45) is 0 Å². The van der Waals surface area contributed by atoms with E-state index in [0.29, 0.717) is 12.3 Å². The Labute approximate surface area is 178 Å². The van der Waals surface area contributed by atoms with Crippen LogP contribution in [0.3, 0.4) is 0 Å². The molecule has 0 aliphatic carbocycles. The average molecular weight is 480 g/mol. The molecule has 0 spiro atoms. The van der Waals surface area contributed by atoms with Gasteiger partial charge in [-0.2, -0.15) is 9.78 Å². The number of carbonyl (C=O) groups excluding carboxylic acids is 2. The van der Waals surface area contributed by atoms with Crippen molar-refractivity contribution < 1.29 is 18.9 Å². The highest BCUT2D eigenvalue weighted by atomic mass is 79.9. The van der Waals surface area contributed by atoms with E-state index < -0.39 is 10.8 Å². The highest BCUT2D eigenvalue weighted by Crippen LogP contribution is 2.22. The molecular formula is C17H18BrN7O5. The van der Waals surface area contributed by atoms with Crippen LogP contribution < -0.4 is 10.6 Å². The van der Waals surface area contributed by atoms with Crippen LogP contribution in [0.5, 0.6) is 0 Å². The molecule has 30 heavy (non-hydrogen) atoms. The van der Waals surface area contributed by atoms with Gasteiger partial charge in [-0.05, 0) is 39.9 Å². The van der Waals surface area contributed by atoms with Crippen LogP contribution >= 0.6 is 15.9 Å². The fraction of sp³-hybridized carbons (Fsp3) is 0.294. The molecule has 0 aliphatic heterocycles. The number of nitro groups is 1. The summed E-state index contributed by atoms with van der Waals surface area (Å²) >= 11 is 3.06. The summed E-state index contributed by atoms with van der Waals surface area (Å²) in [6.07, 6.45) is 4.49. The third kappa shape index (κ3) is 5.11. The van der Waals surface area contributed by atoms with Crippen LogP contribution in [0.25, 0.3) is 0 Å². The number of nitrogens with one attached hydrogen (secondary N) is 2. The van der Waals surface area contributed by atoms with Gasteiger partial charge >= 0.3 is 5.82 Å². The van der Waals surface area contributed by atoms with Crippen molar-refractivity contribution in [2.45, 2.75) is 33.0 Å². The monoisotopic (exact) mass is 479 g/mol. The van der Waals surface area contributed by atoms with Crippen molar-refractivity contribution in [3.05, 3.63) is 56.8 Å². The van der Waals surface area contributed by atoms with Gasteiger partial charge in [0.2, 0.25) is 5.91 Å². The first-order chi connectivity index (χ1) is 14.4. The predicted molar refractivity (Wildman–Crippen MR) is 108 cm³/mol. The van der Waals surface area contributed by atoms with E-state index in [2.05, 4.69) is 36.8 Å². The van der Waals surface area contributed by atoms with Crippen LogP contribution in [0, 0.1) is 10.1 Å². The first-order valence-corrected chi connectivity index (χ1v) is 9.72. The maximum Gasteiger partial charge on any atom is 0.404 e. The zero-order valence-electron chi connectivity index (χ0n) is 15.9. The standard InChI is InChI=1S/C17H18BrN7O5/c1-2-23-10-13(15(21-23)17(27)19-8-11-4-3-7-30-11)20-14(26)5-6-24-9-12(18)16(22-24)25(28)29/h3-4,7,9-10H,2,5-6,8H2,1H3,(H,19,27)(H,20,26). The minimum absolute atomic E-state index is 0.00393. The van der Waals surface area contributed by atoms with Gasteiger partial charge in [-0.1, -0.05) is 0 Å². The molecule has 0 saturated carbocycles. The summed E-state index contributed by atoms with van der Waals surface area (Å²) in [6.45, 7) is 2.68.